The van der Waals surface area contributed by atoms with Crippen molar-refractivity contribution in [2.45, 2.75) is 45.2 Å². The lowest BCUT2D eigenvalue weighted by Gasteiger charge is -2.34. The van der Waals surface area contributed by atoms with E-state index in [9.17, 15) is 9.18 Å². The molecule has 0 saturated carbocycles. The number of nitrogens with zero attached hydrogens (tertiary/aromatic N) is 2. The van der Waals surface area contributed by atoms with Crippen LogP contribution >= 0.6 is 11.3 Å². The molecule has 2 atom stereocenters. The third kappa shape index (κ3) is 4.29. The van der Waals surface area contributed by atoms with Crippen molar-refractivity contribution in [3.8, 4) is 0 Å². The fourth-order valence-corrected chi connectivity index (χ4v) is 6.08. The van der Waals surface area contributed by atoms with Crippen LogP contribution in [0.15, 0.2) is 24.3 Å². The second kappa shape index (κ2) is 8.91. The zero-order chi connectivity index (χ0) is 23.1. The highest BCUT2D eigenvalue weighted by Gasteiger charge is 2.32. The molecule has 6 nitrogen and oxygen atoms in total. The molecular weight excluding hydrogens is 437 g/mol. The molecule has 1 amide bonds. The summed E-state index contributed by atoms with van der Waals surface area (Å²) in [5.74, 6) is -0.369. The standard InChI is InChI=1S/C25H30FN5OS/c1-14-10-20-22(27-3)23(33-25(20)29-15(14)2)24(32)28-9-8-16-4-7-19(11-21(16)26)31-12-17-5-6-18(13-31)30-17/h4,7,10-11,17-18,27,30H,5-6,8-9,12-13H2,1-3H3,(H,28,32). The van der Waals surface area contributed by atoms with Crippen LogP contribution in [0.2, 0.25) is 0 Å². The maximum absolute atomic E-state index is 14.8. The lowest BCUT2D eigenvalue weighted by molar-refractivity contribution is 0.0959. The fourth-order valence-electron chi connectivity index (χ4n) is 4.95. The second-order valence-electron chi connectivity index (χ2n) is 9.12. The Bertz CT molecular complexity index is 1200. The first-order chi connectivity index (χ1) is 15.9. The summed E-state index contributed by atoms with van der Waals surface area (Å²) >= 11 is 1.38. The van der Waals surface area contributed by atoms with Crippen LogP contribution in [0.25, 0.3) is 10.2 Å². The Morgan fingerprint density at radius 3 is 2.70 bits per heavy atom. The minimum atomic E-state index is -0.208. The Kier molecular flexibility index (Phi) is 5.97. The first-order valence-electron chi connectivity index (χ1n) is 11.6. The van der Waals surface area contributed by atoms with Crippen molar-refractivity contribution in [3.63, 3.8) is 0 Å². The van der Waals surface area contributed by atoms with Crippen molar-refractivity contribution in [1.82, 2.24) is 15.6 Å². The third-order valence-corrected chi connectivity index (χ3v) is 7.98. The first-order valence-corrected chi connectivity index (χ1v) is 12.4. The van der Waals surface area contributed by atoms with E-state index in [1.807, 2.05) is 33.0 Å². The van der Waals surface area contributed by atoms with Crippen LogP contribution < -0.4 is 20.9 Å². The molecule has 33 heavy (non-hydrogen) atoms. The van der Waals surface area contributed by atoms with E-state index in [1.165, 1.54) is 24.2 Å². The molecule has 4 heterocycles. The number of hydrogen-bond acceptors (Lipinski definition) is 6. The minimum absolute atomic E-state index is 0.161. The zero-order valence-corrected chi connectivity index (χ0v) is 20.1. The molecule has 0 spiro atoms. The number of thiophene rings is 1. The van der Waals surface area contributed by atoms with E-state index in [2.05, 4.69) is 31.9 Å². The van der Waals surface area contributed by atoms with Crippen LogP contribution in [-0.4, -0.2) is 49.7 Å². The highest BCUT2D eigenvalue weighted by molar-refractivity contribution is 7.21. The summed E-state index contributed by atoms with van der Waals surface area (Å²) in [6.07, 6.45) is 2.85. The predicted molar refractivity (Wildman–Crippen MR) is 133 cm³/mol. The maximum atomic E-state index is 14.8. The van der Waals surface area contributed by atoms with Crippen molar-refractivity contribution in [3.05, 3.63) is 51.8 Å². The molecule has 174 valence electrons. The summed E-state index contributed by atoms with van der Waals surface area (Å²) in [6.45, 7) is 6.23. The van der Waals surface area contributed by atoms with Gasteiger partial charge < -0.3 is 20.9 Å². The minimum Gasteiger partial charge on any atom is -0.386 e. The Morgan fingerprint density at radius 1 is 1.24 bits per heavy atom. The molecule has 2 aromatic heterocycles. The lowest BCUT2D eigenvalue weighted by Crippen LogP contribution is -2.51. The molecule has 0 aliphatic carbocycles. The number of anilines is 2. The number of aryl methyl sites for hydroxylation is 2. The van der Waals surface area contributed by atoms with Crippen molar-refractivity contribution >= 4 is 38.8 Å². The Morgan fingerprint density at radius 2 is 2.00 bits per heavy atom. The van der Waals surface area contributed by atoms with E-state index >= 15 is 0 Å². The Balaban J connectivity index is 1.24. The molecule has 0 radical (unpaired) electrons. The molecule has 2 aliphatic heterocycles. The van der Waals surface area contributed by atoms with E-state index in [1.54, 1.807) is 6.07 Å². The molecule has 2 saturated heterocycles. The summed E-state index contributed by atoms with van der Waals surface area (Å²) in [5.41, 5.74) is 4.42. The summed E-state index contributed by atoms with van der Waals surface area (Å²) < 4.78 is 14.8. The fraction of sp³-hybridized carbons (Fsp3) is 0.440. The van der Waals surface area contributed by atoms with Crippen molar-refractivity contribution in [2.24, 2.45) is 0 Å². The van der Waals surface area contributed by atoms with Gasteiger partial charge in [-0.3, -0.25) is 4.79 Å². The van der Waals surface area contributed by atoms with Crippen LogP contribution in [0, 0.1) is 19.7 Å². The average Bonchev–Trinajstić information content (AvgIpc) is 3.33. The summed E-state index contributed by atoms with van der Waals surface area (Å²) in [6, 6.07) is 8.60. The second-order valence-corrected chi connectivity index (χ2v) is 10.1. The van der Waals surface area contributed by atoms with Crippen molar-refractivity contribution in [2.75, 3.05) is 36.9 Å². The molecule has 2 bridgehead atoms. The van der Waals surface area contributed by atoms with Gasteiger partial charge in [-0.1, -0.05) is 6.07 Å². The number of aromatic nitrogens is 1. The lowest BCUT2D eigenvalue weighted by atomic mass is 10.1. The zero-order valence-electron chi connectivity index (χ0n) is 19.3. The monoisotopic (exact) mass is 467 g/mol. The van der Waals surface area contributed by atoms with Crippen LogP contribution in [-0.2, 0) is 6.42 Å². The van der Waals surface area contributed by atoms with Gasteiger partial charge >= 0.3 is 0 Å². The number of halogens is 1. The van der Waals surface area contributed by atoms with Gasteiger partial charge in [-0.2, -0.15) is 0 Å². The van der Waals surface area contributed by atoms with Gasteiger partial charge in [0.1, 0.15) is 15.5 Å². The number of pyridine rings is 1. The van der Waals surface area contributed by atoms with E-state index in [0.29, 0.717) is 35.5 Å². The number of amides is 1. The van der Waals surface area contributed by atoms with Gasteiger partial charge in [0, 0.05) is 55.5 Å². The number of benzene rings is 1. The third-order valence-electron chi connectivity index (χ3n) is 6.88. The smallest absolute Gasteiger partial charge is 0.263 e. The molecule has 2 unspecified atom stereocenters. The van der Waals surface area contributed by atoms with Crippen LogP contribution in [0.4, 0.5) is 15.8 Å². The number of carbonyl (C=O) groups excluding carboxylic acids is 1. The number of carbonyl (C=O) groups is 1. The molecule has 2 aliphatic rings. The van der Waals surface area contributed by atoms with Crippen LogP contribution in [0.1, 0.15) is 39.3 Å². The van der Waals surface area contributed by atoms with Gasteiger partial charge in [-0.15, -0.1) is 11.3 Å². The van der Waals surface area contributed by atoms with E-state index in [4.69, 9.17) is 0 Å². The molecular formula is C25H30FN5OS. The predicted octanol–water partition coefficient (Wildman–Crippen LogP) is 4.01. The van der Waals surface area contributed by atoms with Gasteiger partial charge in [-0.25, -0.2) is 9.37 Å². The van der Waals surface area contributed by atoms with Crippen molar-refractivity contribution in [1.29, 1.82) is 0 Å². The normalized spacial score (nSPS) is 19.8. The van der Waals surface area contributed by atoms with E-state index in [-0.39, 0.29) is 11.7 Å². The summed E-state index contributed by atoms with van der Waals surface area (Å²) in [5, 5.41) is 10.7. The largest absolute Gasteiger partial charge is 0.386 e. The SMILES string of the molecule is CNc1c(C(=O)NCCc2ccc(N3CC4CCC(C3)N4)cc2F)sc2nc(C)c(C)cc12. The van der Waals surface area contributed by atoms with Crippen molar-refractivity contribution < 1.29 is 9.18 Å². The van der Waals surface area contributed by atoms with Crippen LogP contribution in [0.3, 0.4) is 0 Å². The summed E-state index contributed by atoms with van der Waals surface area (Å²) in [7, 11) is 1.81. The average molecular weight is 468 g/mol. The van der Waals surface area contributed by atoms with Gasteiger partial charge in [0.05, 0.1) is 5.69 Å². The van der Waals surface area contributed by atoms with Gasteiger partial charge in [-0.05, 0) is 62.4 Å². The van der Waals surface area contributed by atoms with E-state index in [0.717, 1.165) is 45.9 Å². The number of nitrogens with one attached hydrogen (secondary N) is 3. The number of fused-ring (bicyclic) bond motifs is 3. The molecule has 8 heteroatoms. The van der Waals surface area contributed by atoms with Gasteiger partial charge in [0.25, 0.3) is 5.91 Å². The summed E-state index contributed by atoms with van der Waals surface area (Å²) in [4.78, 5) is 21.3. The first kappa shape index (κ1) is 22.1. The highest BCUT2D eigenvalue weighted by atomic mass is 32.1. The highest BCUT2D eigenvalue weighted by Crippen LogP contribution is 2.35. The molecule has 1 aromatic carbocycles. The molecule has 5 rings (SSSR count). The number of piperazine rings is 1. The topological polar surface area (TPSA) is 69.3 Å². The maximum Gasteiger partial charge on any atom is 0.263 e. The Labute approximate surface area is 197 Å². The van der Waals surface area contributed by atoms with E-state index < -0.39 is 0 Å². The Hall–Kier alpha value is -2.71. The molecule has 2 fully saturated rings. The van der Waals surface area contributed by atoms with Crippen LogP contribution in [0.5, 0.6) is 0 Å². The van der Waals surface area contributed by atoms with Gasteiger partial charge in [0.15, 0.2) is 0 Å². The number of rotatable bonds is 6. The van der Waals surface area contributed by atoms with Gasteiger partial charge in [0.2, 0.25) is 0 Å². The molecule has 3 aromatic rings. The quantitative estimate of drug-likeness (QED) is 0.511. The molecule has 3 N–H and O–H groups in total. The number of hydrogen-bond donors (Lipinski definition) is 3.